The molecule has 35 heavy (non-hydrogen) atoms. The number of fused-ring (bicyclic) bond motifs is 1. The standard InChI is InChI=1S/C22H28F3N9O/c1-13(2)35-18-7-4-15(8-29-18)16-5-6-17-19(31-16)20(26)33(10-22(23,24)25)21(27)34(17)14(3)9-32-12-28-11-30-32/h4-8,11-14,20-21H,9-10,26-27H2,1-3H3. The van der Waals surface area contributed by atoms with Gasteiger partial charge >= 0.3 is 6.18 Å². The van der Waals surface area contributed by atoms with Crippen LogP contribution in [0.3, 0.4) is 0 Å². The van der Waals surface area contributed by atoms with Gasteiger partial charge in [-0.3, -0.25) is 10.4 Å². The van der Waals surface area contributed by atoms with E-state index in [1.54, 1.807) is 40.0 Å². The van der Waals surface area contributed by atoms with Crippen LogP contribution in [0, 0.1) is 0 Å². The van der Waals surface area contributed by atoms with Gasteiger partial charge in [0, 0.05) is 23.9 Å². The van der Waals surface area contributed by atoms with E-state index in [1.807, 2.05) is 20.8 Å². The Labute approximate surface area is 200 Å². The minimum atomic E-state index is -4.50. The molecule has 0 fully saturated rings. The Balaban J connectivity index is 1.71. The lowest BCUT2D eigenvalue weighted by atomic mass is 10.1. The Morgan fingerprint density at radius 1 is 1.11 bits per heavy atom. The maximum absolute atomic E-state index is 13.4. The molecule has 0 amide bonds. The molecule has 13 heteroatoms. The van der Waals surface area contributed by atoms with Crippen LogP contribution in [0.15, 0.2) is 43.1 Å². The molecule has 188 valence electrons. The fourth-order valence-corrected chi connectivity index (χ4v) is 4.11. The number of ether oxygens (including phenoxy) is 1. The number of nitrogens with zero attached hydrogens (tertiary/aromatic N) is 7. The first-order chi connectivity index (χ1) is 16.5. The monoisotopic (exact) mass is 491 g/mol. The number of aromatic nitrogens is 5. The minimum absolute atomic E-state index is 0.0254. The number of hydrogen-bond donors (Lipinski definition) is 2. The number of nitrogens with two attached hydrogens (primary N) is 2. The Kier molecular flexibility index (Phi) is 6.92. The summed E-state index contributed by atoms with van der Waals surface area (Å²) in [7, 11) is 0. The molecule has 4 rings (SSSR count). The highest BCUT2D eigenvalue weighted by atomic mass is 19.4. The average Bonchev–Trinajstić information content (AvgIpc) is 3.29. The predicted octanol–water partition coefficient (Wildman–Crippen LogP) is 2.49. The zero-order valence-electron chi connectivity index (χ0n) is 19.6. The van der Waals surface area contributed by atoms with Gasteiger partial charge in [0.2, 0.25) is 5.88 Å². The van der Waals surface area contributed by atoms with Crippen LogP contribution in [0.4, 0.5) is 18.9 Å². The van der Waals surface area contributed by atoms with Crippen molar-refractivity contribution in [2.75, 3.05) is 11.4 Å². The van der Waals surface area contributed by atoms with Gasteiger partial charge in [0.1, 0.15) is 25.1 Å². The summed E-state index contributed by atoms with van der Waals surface area (Å²) < 4.78 is 47.5. The van der Waals surface area contributed by atoms with E-state index in [4.69, 9.17) is 16.2 Å². The number of halogens is 3. The van der Waals surface area contributed by atoms with Crippen molar-refractivity contribution in [2.45, 2.75) is 58.1 Å². The first-order valence-corrected chi connectivity index (χ1v) is 11.1. The van der Waals surface area contributed by atoms with Crippen molar-refractivity contribution in [3.63, 3.8) is 0 Å². The maximum Gasteiger partial charge on any atom is 0.401 e. The Bertz CT molecular complexity index is 1120. The van der Waals surface area contributed by atoms with Crippen molar-refractivity contribution < 1.29 is 17.9 Å². The van der Waals surface area contributed by atoms with Gasteiger partial charge in [-0.2, -0.15) is 18.3 Å². The third kappa shape index (κ3) is 5.52. The number of alkyl halides is 3. The predicted molar refractivity (Wildman–Crippen MR) is 123 cm³/mol. The first-order valence-electron chi connectivity index (χ1n) is 11.1. The molecule has 0 radical (unpaired) electrons. The fourth-order valence-electron chi connectivity index (χ4n) is 4.11. The van der Waals surface area contributed by atoms with E-state index in [1.165, 1.54) is 12.7 Å². The summed E-state index contributed by atoms with van der Waals surface area (Å²) in [6.45, 7) is 4.71. The van der Waals surface area contributed by atoms with E-state index in [0.717, 1.165) is 4.90 Å². The molecule has 4 heterocycles. The molecule has 1 aliphatic heterocycles. The highest BCUT2D eigenvalue weighted by Crippen LogP contribution is 2.38. The summed E-state index contributed by atoms with van der Waals surface area (Å²) in [5.41, 5.74) is 14.7. The van der Waals surface area contributed by atoms with Crippen molar-refractivity contribution in [1.82, 2.24) is 29.6 Å². The van der Waals surface area contributed by atoms with Crippen molar-refractivity contribution >= 4 is 5.69 Å². The smallest absolute Gasteiger partial charge is 0.401 e. The van der Waals surface area contributed by atoms with Crippen LogP contribution in [0.5, 0.6) is 5.88 Å². The van der Waals surface area contributed by atoms with Gasteiger partial charge in [0.15, 0.2) is 0 Å². The summed E-state index contributed by atoms with van der Waals surface area (Å²) in [6, 6.07) is 6.72. The van der Waals surface area contributed by atoms with Crippen LogP contribution in [-0.2, 0) is 6.54 Å². The third-order valence-electron chi connectivity index (χ3n) is 5.59. The topological polar surface area (TPSA) is 124 Å². The van der Waals surface area contributed by atoms with Crippen LogP contribution in [0.25, 0.3) is 11.3 Å². The van der Waals surface area contributed by atoms with E-state index in [9.17, 15) is 13.2 Å². The van der Waals surface area contributed by atoms with E-state index >= 15 is 0 Å². The van der Waals surface area contributed by atoms with Crippen LogP contribution in [-0.4, -0.2) is 60.8 Å². The summed E-state index contributed by atoms with van der Waals surface area (Å²) in [5, 5.41) is 4.09. The number of anilines is 1. The zero-order valence-corrected chi connectivity index (χ0v) is 19.6. The van der Waals surface area contributed by atoms with Crippen LogP contribution < -0.4 is 21.1 Å². The maximum atomic E-state index is 13.4. The second-order valence-electron chi connectivity index (χ2n) is 8.67. The number of hydrogen-bond acceptors (Lipinski definition) is 9. The van der Waals surface area contributed by atoms with Crippen molar-refractivity contribution in [1.29, 1.82) is 0 Å². The summed E-state index contributed by atoms with van der Waals surface area (Å²) in [4.78, 5) is 15.5. The largest absolute Gasteiger partial charge is 0.475 e. The molecule has 4 N–H and O–H groups in total. The second-order valence-corrected chi connectivity index (χ2v) is 8.67. The van der Waals surface area contributed by atoms with Crippen LogP contribution in [0.1, 0.15) is 32.6 Å². The molecule has 0 aliphatic carbocycles. The molecule has 0 aromatic carbocycles. The SMILES string of the molecule is CC(C)Oc1ccc(-c2ccc3c(n2)C(N)N(CC(F)(F)F)C(N)N3C(C)Cn2cncn2)cn1. The quantitative estimate of drug-likeness (QED) is 0.513. The molecule has 0 spiro atoms. The molecule has 0 bridgehead atoms. The van der Waals surface area contributed by atoms with Crippen LogP contribution >= 0.6 is 0 Å². The molecule has 0 saturated heterocycles. The average molecular weight is 492 g/mol. The Morgan fingerprint density at radius 3 is 2.49 bits per heavy atom. The van der Waals surface area contributed by atoms with Crippen molar-refractivity contribution in [3.05, 3.63) is 48.8 Å². The molecule has 0 saturated carbocycles. The normalized spacial score (nSPS) is 19.6. The van der Waals surface area contributed by atoms with Gasteiger partial charge in [-0.1, -0.05) is 0 Å². The van der Waals surface area contributed by atoms with E-state index in [2.05, 4.69) is 20.1 Å². The molecule has 10 nitrogen and oxygen atoms in total. The fraction of sp³-hybridized carbons (Fsp3) is 0.455. The van der Waals surface area contributed by atoms with Gasteiger partial charge in [-0.15, -0.1) is 0 Å². The lowest BCUT2D eigenvalue weighted by Crippen LogP contribution is -2.65. The Morgan fingerprint density at radius 2 is 1.89 bits per heavy atom. The summed E-state index contributed by atoms with van der Waals surface area (Å²) in [6.07, 6.45) is -2.28. The minimum Gasteiger partial charge on any atom is -0.475 e. The van der Waals surface area contributed by atoms with Gasteiger partial charge < -0.3 is 15.4 Å². The van der Waals surface area contributed by atoms with Crippen LogP contribution in [0.2, 0.25) is 0 Å². The third-order valence-corrected chi connectivity index (χ3v) is 5.59. The number of pyridine rings is 2. The number of rotatable bonds is 7. The molecule has 3 aromatic heterocycles. The van der Waals surface area contributed by atoms with Crippen molar-refractivity contribution in [2.24, 2.45) is 11.5 Å². The van der Waals surface area contributed by atoms with E-state index < -0.39 is 25.2 Å². The van der Waals surface area contributed by atoms with Gasteiger partial charge in [0.25, 0.3) is 0 Å². The lowest BCUT2D eigenvalue weighted by Gasteiger charge is -2.49. The highest BCUT2D eigenvalue weighted by Gasteiger charge is 2.44. The summed E-state index contributed by atoms with van der Waals surface area (Å²) >= 11 is 0. The summed E-state index contributed by atoms with van der Waals surface area (Å²) in [5.74, 6) is 0.467. The zero-order chi connectivity index (χ0) is 25.3. The van der Waals surface area contributed by atoms with E-state index in [0.29, 0.717) is 35.1 Å². The van der Waals surface area contributed by atoms with E-state index in [-0.39, 0.29) is 12.1 Å². The lowest BCUT2D eigenvalue weighted by molar-refractivity contribution is -0.158. The van der Waals surface area contributed by atoms with Gasteiger partial charge in [-0.05, 0) is 39.0 Å². The van der Waals surface area contributed by atoms with Gasteiger partial charge in [0.05, 0.1) is 36.3 Å². The molecule has 1 aliphatic rings. The highest BCUT2D eigenvalue weighted by molar-refractivity contribution is 5.65. The molecular weight excluding hydrogens is 463 g/mol. The second kappa shape index (κ2) is 9.76. The molecule has 3 unspecified atom stereocenters. The molecule has 3 aromatic rings. The first kappa shape index (κ1) is 24.8. The van der Waals surface area contributed by atoms with Crippen molar-refractivity contribution in [3.8, 4) is 17.1 Å². The Hall–Kier alpha value is -3.29. The molecule has 3 atom stereocenters. The molecular formula is C22H28F3N9O. The van der Waals surface area contributed by atoms with Gasteiger partial charge in [-0.25, -0.2) is 19.9 Å².